The van der Waals surface area contributed by atoms with Crippen LogP contribution in [0.5, 0.6) is 5.75 Å². The zero-order valence-corrected chi connectivity index (χ0v) is 10.0. The molecule has 0 saturated carbocycles. The molecule has 5 heteroatoms. The van der Waals surface area contributed by atoms with Crippen LogP contribution in [0, 0.1) is 0 Å². The average Bonchev–Trinajstić information content (AvgIpc) is 2.68. The van der Waals surface area contributed by atoms with Crippen LogP contribution in [0.3, 0.4) is 0 Å². The van der Waals surface area contributed by atoms with Crippen LogP contribution < -0.4 is 10.5 Å². The normalized spacial score (nSPS) is 10.9. The number of ether oxygens (including phenoxy) is 1. The van der Waals surface area contributed by atoms with Gasteiger partial charge in [-0.2, -0.15) is 0 Å². The highest BCUT2D eigenvalue weighted by molar-refractivity contribution is 7.99. The number of aromatic amines is 1. The standard InChI is InChI=1S/C11H15N3OS/c1-2-15-8-3-4-9-10(7-8)14-11(13-9)16-6-5-12/h3-4,7H,2,5-6,12H2,1H3,(H,13,14). The first kappa shape index (κ1) is 11.3. The molecule has 0 aliphatic heterocycles. The van der Waals surface area contributed by atoms with Crippen molar-refractivity contribution in [1.29, 1.82) is 0 Å². The van der Waals surface area contributed by atoms with Gasteiger partial charge >= 0.3 is 0 Å². The molecule has 0 aliphatic rings. The molecule has 0 aliphatic carbocycles. The van der Waals surface area contributed by atoms with E-state index in [1.54, 1.807) is 11.8 Å². The molecule has 4 nitrogen and oxygen atoms in total. The molecule has 86 valence electrons. The van der Waals surface area contributed by atoms with Gasteiger partial charge in [-0.1, -0.05) is 11.8 Å². The number of H-pyrrole nitrogens is 1. The van der Waals surface area contributed by atoms with Crippen LogP contribution in [-0.2, 0) is 0 Å². The van der Waals surface area contributed by atoms with Crippen LogP contribution >= 0.6 is 11.8 Å². The zero-order valence-electron chi connectivity index (χ0n) is 9.19. The maximum Gasteiger partial charge on any atom is 0.166 e. The number of fused-ring (bicyclic) bond motifs is 1. The molecule has 0 saturated heterocycles. The second kappa shape index (κ2) is 5.23. The predicted molar refractivity (Wildman–Crippen MR) is 67.0 cm³/mol. The minimum absolute atomic E-state index is 0.659. The number of hydrogen-bond acceptors (Lipinski definition) is 4. The summed E-state index contributed by atoms with van der Waals surface area (Å²) >= 11 is 1.63. The van der Waals surface area contributed by atoms with Crippen molar-refractivity contribution in [2.75, 3.05) is 18.9 Å². The average molecular weight is 237 g/mol. The van der Waals surface area contributed by atoms with E-state index in [9.17, 15) is 0 Å². The van der Waals surface area contributed by atoms with E-state index < -0.39 is 0 Å². The highest BCUT2D eigenvalue weighted by Gasteiger charge is 2.04. The molecule has 0 spiro atoms. The Balaban J connectivity index is 2.23. The van der Waals surface area contributed by atoms with E-state index in [4.69, 9.17) is 10.5 Å². The van der Waals surface area contributed by atoms with Crippen LogP contribution in [0.4, 0.5) is 0 Å². The fraction of sp³-hybridized carbons (Fsp3) is 0.364. The van der Waals surface area contributed by atoms with Crippen molar-refractivity contribution in [3.8, 4) is 5.75 Å². The van der Waals surface area contributed by atoms with Crippen molar-refractivity contribution in [1.82, 2.24) is 9.97 Å². The Hall–Kier alpha value is -1.20. The second-order valence-electron chi connectivity index (χ2n) is 3.29. The smallest absolute Gasteiger partial charge is 0.166 e. The van der Waals surface area contributed by atoms with Gasteiger partial charge in [0, 0.05) is 18.4 Å². The molecule has 0 fully saturated rings. The number of thioether (sulfide) groups is 1. The van der Waals surface area contributed by atoms with Gasteiger partial charge < -0.3 is 15.5 Å². The van der Waals surface area contributed by atoms with E-state index >= 15 is 0 Å². The summed E-state index contributed by atoms with van der Waals surface area (Å²) in [5.41, 5.74) is 7.42. The van der Waals surface area contributed by atoms with Gasteiger partial charge in [-0.25, -0.2) is 4.98 Å². The Bertz CT molecular complexity index is 469. The number of imidazole rings is 1. The topological polar surface area (TPSA) is 63.9 Å². The molecule has 0 radical (unpaired) electrons. The summed E-state index contributed by atoms with van der Waals surface area (Å²) < 4.78 is 5.43. The van der Waals surface area contributed by atoms with Crippen molar-refractivity contribution >= 4 is 22.8 Å². The van der Waals surface area contributed by atoms with Gasteiger partial charge in [-0.05, 0) is 19.1 Å². The minimum atomic E-state index is 0.659. The number of rotatable bonds is 5. The van der Waals surface area contributed by atoms with Crippen molar-refractivity contribution < 1.29 is 4.74 Å². The summed E-state index contributed by atoms with van der Waals surface area (Å²) in [7, 11) is 0. The third-order valence-electron chi connectivity index (χ3n) is 2.10. The first-order chi connectivity index (χ1) is 7.83. The predicted octanol–water partition coefficient (Wildman–Crippen LogP) is 2.01. The van der Waals surface area contributed by atoms with Gasteiger partial charge in [0.15, 0.2) is 5.16 Å². The summed E-state index contributed by atoms with van der Waals surface area (Å²) in [6, 6.07) is 5.87. The summed E-state index contributed by atoms with van der Waals surface area (Å²) in [4.78, 5) is 7.69. The molecule has 0 atom stereocenters. The second-order valence-corrected chi connectivity index (χ2v) is 4.37. The van der Waals surface area contributed by atoms with Crippen molar-refractivity contribution in [2.45, 2.75) is 12.1 Å². The number of nitrogens with one attached hydrogen (secondary N) is 1. The minimum Gasteiger partial charge on any atom is -0.494 e. The Kier molecular flexibility index (Phi) is 3.69. The van der Waals surface area contributed by atoms with E-state index in [0.717, 1.165) is 27.7 Å². The Morgan fingerprint density at radius 3 is 3.12 bits per heavy atom. The molecule has 1 aromatic heterocycles. The van der Waals surface area contributed by atoms with Crippen LogP contribution in [0.25, 0.3) is 11.0 Å². The Labute approximate surface area is 98.6 Å². The number of aromatic nitrogens is 2. The summed E-state index contributed by atoms with van der Waals surface area (Å²) in [6.45, 7) is 3.31. The summed E-state index contributed by atoms with van der Waals surface area (Å²) in [5, 5.41) is 0.911. The first-order valence-corrected chi connectivity index (χ1v) is 6.27. The summed E-state index contributed by atoms with van der Waals surface area (Å²) in [6.07, 6.45) is 0. The van der Waals surface area contributed by atoms with E-state index in [-0.39, 0.29) is 0 Å². The molecule has 1 heterocycles. The van der Waals surface area contributed by atoms with E-state index in [0.29, 0.717) is 13.2 Å². The van der Waals surface area contributed by atoms with Gasteiger partial charge in [-0.15, -0.1) is 0 Å². The highest BCUT2D eigenvalue weighted by atomic mass is 32.2. The molecule has 0 bridgehead atoms. The number of nitrogens with two attached hydrogens (primary N) is 1. The molecule has 2 aromatic rings. The third-order valence-corrected chi connectivity index (χ3v) is 3.01. The van der Waals surface area contributed by atoms with E-state index in [1.807, 2.05) is 25.1 Å². The number of nitrogens with zero attached hydrogens (tertiary/aromatic N) is 1. The number of hydrogen-bond donors (Lipinski definition) is 2. The number of benzene rings is 1. The van der Waals surface area contributed by atoms with Gasteiger partial charge in [-0.3, -0.25) is 0 Å². The van der Waals surface area contributed by atoms with Gasteiger partial charge in [0.2, 0.25) is 0 Å². The lowest BCUT2D eigenvalue weighted by molar-refractivity contribution is 0.340. The largest absolute Gasteiger partial charge is 0.494 e. The first-order valence-electron chi connectivity index (χ1n) is 5.29. The van der Waals surface area contributed by atoms with Crippen LogP contribution in [-0.4, -0.2) is 28.9 Å². The summed E-state index contributed by atoms with van der Waals surface area (Å²) in [5.74, 6) is 1.74. The van der Waals surface area contributed by atoms with Crippen LogP contribution in [0.1, 0.15) is 6.92 Å². The van der Waals surface area contributed by atoms with Gasteiger partial charge in [0.25, 0.3) is 0 Å². The van der Waals surface area contributed by atoms with Gasteiger partial charge in [0.05, 0.1) is 17.6 Å². The maximum atomic E-state index is 5.45. The Morgan fingerprint density at radius 2 is 2.38 bits per heavy atom. The fourth-order valence-corrected chi connectivity index (χ4v) is 2.10. The third kappa shape index (κ3) is 2.48. The molecule has 0 unspecified atom stereocenters. The van der Waals surface area contributed by atoms with E-state index in [2.05, 4.69) is 9.97 Å². The molecule has 3 N–H and O–H groups in total. The maximum absolute atomic E-state index is 5.45. The highest BCUT2D eigenvalue weighted by Crippen LogP contribution is 2.22. The Morgan fingerprint density at radius 1 is 1.50 bits per heavy atom. The molecular formula is C11H15N3OS. The molecule has 1 aromatic carbocycles. The molecule has 16 heavy (non-hydrogen) atoms. The zero-order chi connectivity index (χ0) is 11.4. The van der Waals surface area contributed by atoms with Crippen LogP contribution in [0.15, 0.2) is 23.4 Å². The van der Waals surface area contributed by atoms with Gasteiger partial charge in [0.1, 0.15) is 5.75 Å². The molecule has 2 rings (SSSR count). The van der Waals surface area contributed by atoms with Crippen molar-refractivity contribution in [3.63, 3.8) is 0 Å². The molecule has 0 amide bonds. The lowest BCUT2D eigenvalue weighted by Crippen LogP contribution is -2.01. The quantitative estimate of drug-likeness (QED) is 0.781. The van der Waals surface area contributed by atoms with E-state index in [1.165, 1.54) is 0 Å². The fourth-order valence-electron chi connectivity index (χ4n) is 1.45. The molecular weight excluding hydrogens is 222 g/mol. The van der Waals surface area contributed by atoms with Crippen molar-refractivity contribution in [2.24, 2.45) is 5.73 Å². The van der Waals surface area contributed by atoms with Crippen molar-refractivity contribution in [3.05, 3.63) is 18.2 Å². The van der Waals surface area contributed by atoms with Crippen LogP contribution in [0.2, 0.25) is 0 Å². The lowest BCUT2D eigenvalue weighted by Gasteiger charge is -2.00. The lowest BCUT2D eigenvalue weighted by atomic mass is 10.3. The monoisotopic (exact) mass is 237 g/mol. The SMILES string of the molecule is CCOc1ccc2nc(SCCN)[nH]c2c1.